The fraction of sp³-hybridized carbons (Fsp3) is 0.417. The second-order valence-electron chi connectivity index (χ2n) is 4.51. The van der Waals surface area contributed by atoms with Crippen molar-refractivity contribution in [3.05, 3.63) is 24.0 Å². The molecule has 0 aliphatic rings. The van der Waals surface area contributed by atoms with Crippen LogP contribution in [0.25, 0.3) is 0 Å². The van der Waals surface area contributed by atoms with E-state index in [4.69, 9.17) is 23.7 Å². The van der Waals surface area contributed by atoms with Crippen LogP contribution in [-0.2, 0) is 4.79 Å². The van der Waals surface area contributed by atoms with Crippen LogP contribution in [-0.4, -0.2) is 29.0 Å². The number of primary amides is 1. The van der Waals surface area contributed by atoms with E-state index in [2.05, 4.69) is 18.8 Å². The molecule has 0 radical (unpaired) electrons. The molecule has 0 atom stereocenters. The number of nitrogens with zero attached hydrogens (tertiary/aromatic N) is 2. The maximum Gasteiger partial charge on any atom is 0.236 e. The van der Waals surface area contributed by atoms with Gasteiger partial charge >= 0.3 is 0 Å². The van der Waals surface area contributed by atoms with Crippen molar-refractivity contribution in [1.29, 1.82) is 0 Å². The minimum Gasteiger partial charge on any atom is -0.388 e. The second-order valence-corrected chi connectivity index (χ2v) is 4.95. The Kier molecular flexibility index (Phi) is 5.03. The van der Waals surface area contributed by atoms with Crippen LogP contribution in [0.4, 0.5) is 5.69 Å². The summed E-state index contributed by atoms with van der Waals surface area (Å²) in [5.74, 6) is 0.0497. The van der Waals surface area contributed by atoms with Gasteiger partial charge in [0.25, 0.3) is 0 Å². The fourth-order valence-electron chi connectivity index (χ4n) is 1.61. The Morgan fingerprint density at radius 2 is 2.11 bits per heavy atom. The molecular weight excluding hydrogens is 248 g/mol. The summed E-state index contributed by atoms with van der Waals surface area (Å²) in [6.07, 6.45) is 1.65. The third kappa shape index (κ3) is 4.29. The SMILES string of the molecule is CC(C)CN(CC(N)=O)c1ccc(C(N)=S)nc1. The monoisotopic (exact) mass is 266 g/mol. The summed E-state index contributed by atoms with van der Waals surface area (Å²) < 4.78 is 0. The first kappa shape index (κ1) is 14.4. The van der Waals surface area contributed by atoms with Crippen molar-refractivity contribution in [2.24, 2.45) is 17.4 Å². The molecule has 1 heterocycles. The lowest BCUT2D eigenvalue weighted by atomic mass is 10.2. The number of aromatic nitrogens is 1. The average molecular weight is 266 g/mol. The number of amides is 1. The highest BCUT2D eigenvalue weighted by molar-refractivity contribution is 7.80. The maximum atomic E-state index is 11.1. The van der Waals surface area contributed by atoms with Gasteiger partial charge in [0.2, 0.25) is 5.91 Å². The number of thiocarbonyl (C=S) groups is 1. The van der Waals surface area contributed by atoms with Crippen LogP contribution in [0.15, 0.2) is 18.3 Å². The van der Waals surface area contributed by atoms with Crippen molar-refractivity contribution in [2.75, 3.05) is 18.0 Å². The third-order valence-corrected chi connectivity index (χ3v) is 2.51. The number of rotatable bonds is 6. The smallest absolute Gasteiger partial charge is 0.236 e. The van der Waals surface area contributed by atoms with Gasteiger partial charge in [-0.1, -0.05) is 26.1 Å². The largest absolute Gasteiger partial charge is 0.388 e. The standard InChI is InChI=1S/C12H18N4OS/c1-8(2)6-16(7-11(13)17)9-3-4-10(12(14)18)15-5-9/h3-5,8H,6-7H2,1-2H3,(H2,13,17)(H2,14,18). The van der Waals surface area contributed by atoms with Crippen LogP contribution in [0.3, 0.4) is 0 Å². The molecule has 0 fully saturated rings. The molecule has 0 unspecified atom stereocenters. The van der Waals surface area contributed by atoms with Gasteiger partial charge < -0.3 is 16.4 Å². The summed E-state index contributed by atoms with van der Waals surface area (Å²) in [5, 5.41) is 0. The summed E-state index contributed by atoms with van der Waals surface area (Å²) in [6, 6.07) is 3.58. The maximum absolute atomic E-state index is 11.1. The zero-order valence-corrected chi connectivity index (χ0v) is 11.4. The summed E-state index contributed by atoms with van der Waals surface area (Å²) in [5.41, 5.74) is 12.1. The first-order valence-electron chi connectivity index (χ1n) is 5.69. The van der Waals surface area contributed by atoms with Crippen LogP contribution in [0, 0.1) is 5.92 Å². The summed E-state index contributed by atoms with van der Waals surface area (Å²) in [4.78, 5) is 17.4. The molecule has 1 rings (SSSR count). The number of hydrogen-bond acceptors (Lipinski definition) is 4. The topological polar surface area (TPSA) is 85.2 Å². The van der Waals surface area contributed by atoms with E-state index in [-0.39, 0.29) is 17.4 Å². The van der Waals surface area contributed by atoms with E-state index < -0.39 is 0 Å². The van der Waals surface area contributed by atoms with E-state index in [1.165, 1.54) is 0 Å². The van der Waals surface area contributed by atoms with E-state index in [9.17, 15) is 4.79 Å². The van der Waals surface area contributed by atoms with E-state index >= 15 is 0 Å². The van der Waals surface area contributed by atoms with Crippen molar-refractivity contribution < 1.29 is 4.79 Å². The number of hydrogen-bond donors (Lipinski definition) is 2. The lowest BCUT2D eigenvalue weighted by Gasteiger charge is -2.25. The van der Waals surface area contributed by atoms with Gasteiger partial charge in [0.05, 0.1) is 24.1 Å². The Morgan fingerprint density at radius 1 is 1.44 bits per heavy atom. The van der Waals surface area contributed by atoms with Crippen LogP contribution in [0.5, 0.6) is 0 Å². The van der Waals surface area contributed by atoms with Gasteiger partial charge in [-0.15, -0.1) is 0 Å². The summed E-state index contributed by atoms with van der Waals surface area (Å²) >= 11 is 4.84. The highest BCUT2D eigenvalue weighted by Crippen LogP contribution is 2.14. The van der Waals surface area contributed by atoms with Crippen LogP contribution in [0.1, 0.15) is 19.5 Å². The molecule has 0 saturated heterocycles. The molecule has 1 amide bonds. The predicted molar refractivity (Wildman–Crippen MR) is 76.4 cm³/mol. The lowest BCUT2D eigenvalue weighted by Crippen LogP contribution is -2.36. The van der Waals surface area contributed by atoms with Gasteiger partial charge in [-0.3, -0.25) is 9.78 Å². The summed E-state index contributed by atoms with van der Waals surface area (Å²) in [7, 11) is 0. The van der Waals surface area contributed by atoms with E-state index in [0.29, 0.717) is 11.6 Å². The van der Waals surface area contributed by atoms with Crippen LogP contribution in [0.2, 0.25) is 0 Å². The van der Waals surface area contributed by atoms with Crippen molar-refractivity contribution >= 4 is 28.8 Å². The van der Waals surface area contributed by atoms with Crippen LogP contribution < -0.4 is 16.4 Å². The number of nitrogens with two attached hydrogens (primary N) is 2. The van der Waals surface area contributed by atoms with Crippen molar-refractivity contribution in [1.82, 2.24) is 4.98 Å². The molecule has 0 aliphatic heterocycles. The second kappa shape index (κ2) is 6.30. The molecule has 0 bridgehead atoms. The highest BCUT2D eigenvalue weighted by Gasteiger charge is 2.12. The normalized spacial score (nSPS) is 10.4. The Balaban J connectivity index is 2.90. The Bertz CT molecular complexity index is 430. The van der Waals surface area contributed by atoms with Gasteiger partial charge in [0.1, 0.15) is 4.99 Å². The van der Waals surface area contributed by atoms with Crippen molar-refractivity contribution in [2.45, 2.75) is 13.8 Å². The van der Waals surface area contributed by atoms with E-state index in [0.717, 1.165) is 12.2 Å². The highest BCUT2D eigenvalue weighted by atomic mass is 32.1. The Morgan fingerprint density at radius 3 is 2.50 bits per heavy atom. The molecule has 0 spiro atoms. The van der Waals surface area contributed by atoms with E-state index in [1.54, 1.807) is 12.3 Å². The van der Waals surface area contributed by atoms with Gasteiger partial charge in [0.15, 0.2) is 0 Å². The number of carbonyl (C=O) groups excluding carboxylic acids is 1. The zero-order valence-electron chi connectivity index (χ0n) is 10.6. The Labute approximate surface area is 112 Å². The predicted octanol–water partition coefficient (Wildman–Crippen LogP) is 0.663. The van der Waals surface area contributed by atoms with Gasteiger partial charge in [-0.2, -0.15) is 0 Å². The number of anilines is 1. The van der Waals surface area contributed by atoms with Crippen molar-refractivity contribution in [3.63, 3.8) is 0 Å². The molecule has 1 aromatic heterocycles. The van der Waals surface area contributed by atoms with E-state index in [1.807, 2.05) is 11.0 Å². The van der Waals surface area contributed by atoms with Gasteiger partial charge in [-0.25, -0.2) is 0 Å². The minimum absolute atomic E-state index is 0.173. The molecule has 0 saturated carbocycles. The Hall–Kier alpha value is -1.69. The lowest BCUT2D eigenvalue weighted by molar-refractivity contribution is -0.116. The molecule has 5 nitrogen and oxygen atoms in total. The third-order valence-electron chi connectivity index (χ3n) is 2.30. The molecular formula is C12H18N4OS. The molecule has 0 aromatic carbocycles. The first-order chi connectivity index (χ1) is 8.40. The van der Waals surface area contributed by atoms with Gasteiger partial charge in [0, 0.05) is 6.54 Å². The zero-order chi connectivity index (χ0) is 13.7. The molecule has 0 aliphatic carbocycles. The first-order valence-corrected chi connectivity index (χ1v) is 6.10. The number of carbonyl (C=O) groups is 1. The molecule has 1 aromatic rings. The molecule has 4 N–H and O–H groups in total. The molecule has 18 heavy (non-hydrogen) atoms. The van der Waals surface area contributed by atoms with Crippen molar-refractivity contribution in [3.8, 4) is 0 Å². The number of pyridine rings is 1. The average Bonchev–Trinajstić information content (AvgIpc) is 2.27. The fourth-order valence-corrected chi connectivity index (χ4v) is 1.73. The summed E-state index contributed by atoms with van der Waals surface area (Å²) in [6.45, 7) is 5.05. The molecule has 6 heteroatoms. The van der Waals surface area contributed by atoms with Crippen LogP contribution >= 0.6 is 12.2 Å². The molecule has 98 valence electrons. The quantitative estimate of drug-likeness (QED) is 0.739. The minimum atomic E-state index is -0.367. The van der Waals surface area contributed by atoms with Gasteiger partial charge in [-0.05, 0) is 18.1 Å².